The van der Waals surface area contributed by atoms with E-state index in [1.54, 1.807) is 6.92 Å². The number of carbonyl (C=O) groups is 2. The van der Waals surface area contributed by atoms with Gasteiger partial charge in [-0.15, -0.1) is 0 Å². The molecule has 4 heteroatoms. The molecule has 2 rings (SSSR count). The Morgan fingerprint density at radius 3 is 1.42 bits per heavy atom. The van der Waals surface area contributed by atoms with Crippen LogP contribution in [-0.2, 0) is 22.4 Å². The minimum atomic E-state index is -0.236. The number of carbonyl (C=O) groups excluding carboxylic acids is 2. The monoisotopic (exact) mass is 490 g/mol. The van der Waals surface area contributed by atoms with Crippen LogP contribution in [0, 0.1) is 13.8 Å². The van der Waals surface area contributed by atoms with E-state index < -0.39 is 0 Å². The third kappa shape index (κ3) is 12.7. The minimum absolute atomic E-state index is 0.212. The van der Waals surface area contributed by atoms with Gasteiger partial charge in [-0.05, 0) is 76.3 Å². The lowest BCUT2D eigenvalue weighted by Crippen LogP contribution is -2.13. The third-order valence-corrected chi connectivity index (χ3v) is 6.33. The molecule has 0 unspecified atom stereocenters. The van der Waals surface area contributed by atoms with E-state index in [0.29, 0.717) is 12.8 Å². The first kappa shape index (κ1) is 31.2. The fourth-order valence-electron chi connectivity index (χ4n) is 3.96. The number of aryl methyl sites for hydroxylation is 4. The number of ketones is 2. The number of hydrogen-bond donors (Lipinski definition) is 0. The maximum absolute atomic E-state index is 11.3. The van der Waals surface area contributed by atoms with Gasteiger partial charge in [-0.25, -0.2) is 0 Å². The van der Waals surface area contributed by atoms with Crippen LogP contribution < -0.4 is 0 Å². The molecule has 0 heterocycles. The Kier molecular flexibility index (Phi) is 15.9. The van der Waals surface area contributed by atoms with Crippen LogP contribution in [0.4, 0.5) is 0 Å². The lowest BCUT2D eigenvalue weighted by Gasteiger charge is -2.07. The first-order valence-corrected chi connectivity index (χ1v) is 13.4. The van der Waals surface area contributed by atoms with Gasteiger partial charge in [0.1, 0.15) is 0 Å². The molecule has 2 aromatic carbocycles. The molecular formula is C32H46N2O2. The molecule has 0 radical (unpaired) electrons. The van der Waals surface area contributed by atoms with Crippen molar-refractivity contribution in [2.75, 3.05) is 14.1 Å². The summed E-state index contributed by atoms with van der Waals surface area (Å²) in [6.07, 6.45) is 9.04. The molecule has 4 nitrogen and oxygen atoms in total. The highest BCUT2D eigenvalue weighted by molar-refractivity contribution is 6.42. The molecule has 0 spiro atoms. The third-order valence-electron chi connectivity index (χ3n) is 6.33. The Morgan fingerprint density at radius 1 is 0.583 bits per heavy atom. The standard InChI is InChI=1S/C17H26N2.C15H20O2/c1-5-16(18-3)17(19-4)9-7-6-8-15-12-10-14(2)11-13-15;1-3-14(16)15(17)7-5-4-6-13-10-8-12(2)9-11-13/h10-13H,5-9H2,1-4H3;8-11H,3-7H2,1-2H3. The fourth-order valence-corrected chi connectivity index (χ4v) is 3.96. The molecular weight excluding hydrogens is 444 g/mol. The molecule has 36 heavy (non-hydrogen) atoms. The fraction of sp³-hybridized carbons (Fsp3) is 0.500. The quantitative estimate of drug-likeness (QED) is 0.156. The van der Waals surface area contributed by atoms with E-state index in [2.05, 4.69) is 79.3 Å². The van der Waals surface area contributed by atoms with Crippen molar-refractivity contribution < 1.29 is 9.59 Å². The number of unbranched alkanes of at least 4 members (excludes halogenated alkanes) is 2. The van der Waals surface area contributed by atoms with Gasteiger partial charge in [0.2, 0.25) is 0 Å². The summed E-state index contributed by atoms with van der Waals surface area (Å²) < 4.78 is 0. The van der Waals surface area contributed by atoms with Gasteiger partial charge in [0.25, 0.3) is 0 Å². The van der Waals surface area contributed by atoms with E-state index in [1.807, 2.05) is 14.1 Å². The van der Waals surface area contributed by atoms with Crippen molar-refractivity contribution in [2.24, 2.45) is 9.98 Å². The molecule has 0 amide bonds. The van der Waals surface area contributed by atoms with Gasteiger partial charge in [-0.3, -0.25) is 19.6 Å². The normalized spacial score (nSPS) is 11.6. The number of Topliss-reactive ketones (excluding diaryl/α,β-unsaturated/α-hetero) is 2. The Hall–Kier alpha value is -2.88. The zero-order chi connectivity index (χ0) is 26.8. The zero-order valence-electron chi connectivity index (χ0n) is 23.4. The SMILES string of the molecule is CCC(=NC)C(CCCCc1ccc(C)cc1)=NC.CCC(=O)C(=O)CCCCc1ccc(C)cc1. The van der Waals surface area contributed by atoms with E-state index >= 15 is 0 Å². The van der Waals surface area contributed by atoms with Crippen molar-refractivity contribution in [3.05, 3.63) is 70.8 Å². The summed E-state index contributed by atoms with van der Waals surface area (Å²) >= 11 is 0. The highest BCUT2D eigenvalue weighted by Crippen LogP contribution is 2.10. The predicted octanol–water partition coefficient (Wildman–Crippen LogP) is 7.52. The van der Waals surface area contributed by atoms with Crippen molar-refractivity contribution in [2.45, 2.75) is 91.9 Å². The van der Waals surface area contributed by atoms with Crippen LogP contribution in [0.25, 0.3) is 0 Å². The van der Waals surface area contributed by atoms with Gasteiger partial charge < -0.3 is 0 Å². The summed E-state index contributed by atoms with van der Waals surface area (Å²) in [7, 11) is 3.73. The number of aliphatic imine (C=N–C) groups is 2. The summed E-state index contributed by atoms with van der Waals surface area (Å²) in [6.45, 7) is 8.06. The summed E-state index contributed by atoms with van der Waals surface area (Å²) in [5.41, 5.74) is 7.64. The molecule has 0 aliphatic heterocycles. The van der Waals surface area contributed by atoms with Crippen molar-refractivity contribution in [1.82, 2.24) is 0 Å². The van der Waals surface area contributed by atoms with Crippen molar-refractivity contribution in [1.29, 1.82) is 0 Å². The predicted molar refractivity (Wildman–Crippen MR) is 155 cm³/mol. The molecule has 0 bridgehead atoms. The van der Waals surface area contributed by atoms with E-state index in [-0.39, 0.29) is 11.6 Å². The molecule has 0 aliphatic carbocycles. The van der Waals surface area contributed by atoms with Crippen LogP contribution in [0.5, 0.6) is 0 Å². The molecule has 0 fully saturated rings. The van der Waals surface area contributed by atoms with Gasteiger partial charge in [0, 0.05) is 26.9 Å². The van der Waals surface area contributed by atoms with Crippen molar-refractivity contribution in [3.63, 3.8) is 0 Å². The Morgan fingerprint density at radius 2 is 1.03 bits per heavy atom. The highest BCUT2D eigenvalue weighted by Gasteiger charge is 2.10. The maximum Gasteiger partial charge on any atom is 0.198 e. The van der Waals surface area contributed by atoms with Gasteiger partial charge in [0.05, 0.1) is 11.4 Å². The first-order valence-electron chi connectivity index (χ1n) is 13.4. The number of nitrogens with zero attached hydrogens (tertiary/aromatic N) is 2. The second-order valence-corrected chi connectivity index (χ2v) is 9.28. The van der Waals surface area contributed by atoms with E-state index in [4.69, 9.17) is 0 Å². The number of rotatable bonds is 14. The maximum atomic E-state index is 11.3. The van der Waals surface area contributed by atoms with Crippen LogP contribution in [-0.4, -0.2) is 37.1 Å². The summed E-state index contributed by atoms with van der Waals surface area (Å²) in [5, 5.41) is 0. The van der Waals surface area contributed by atoms with Crippen molar-refractivity contribution >= 4 is 23.0 Å². The van der Waals surface area contributed by atoms with Crippen LogP contribution in [0.15, 0.2) is 58.5 Å². The molecule has 0 saturated heterocycles. The molecule has 0 aromatic heterocycles. The van der Waals surface area contributed by atoms with Crippen LogP contribution in [0.1, 0.15) is 87.5 Å². The van der Waals surface area contributed by atoms with Gasteiger partial charge in [-0.2, -0.15) is 0 Å². The van der Waals surface area contributed by atoms with E-state index in [9.17, 15) is 9.59 Å². The Labute approximate surface area is 219 Å². The summed E-state index contributed by atoms with van der Waals surface area (Å²) in [6, 6.07) is 17.3. The Bertz CT molecular complexity index is 970. The molecule has 196 valence electrons. The van der Waals surface area contributed by atoms with Crippen LogP contribution >= 0.6 is 0 Å². The molecule has 0 N–H and O–H groups in total. The minimum Gasteiger partial charge on any atom is -0.291 e. The van der Waals surface area contributed by atoms with Gasteiger partial charge in [0.15, 0.2) is 11.6 Å². The number of benzene rings is 2. The first-order chi connectivity index (χ1) is 17.3. The van der Waals surface area contributed by atoms with E-state index in [1.165, 1.54) is 40.8 Å². The van der Waals surface area contributed by atoms with Crippen molar-refractivity contribution in [3.8, 4) is 0 Å². The average molecular weight is 491 g/mol. The lowest BCUT2D eigenvalue weighted by atomic mass is 10.0. The average Bonchev–Trinajstić information content (AvgIpc) is 2.90. The molecule has 2 aromatic rings. The second kappa shape index (κ2) is 18.4. The lowest BCUT2D eigenvalue weighted by molar-refractivity contribution is -0.136. The molecule has 0 atom stereocenters. The smallest absolute Gasteiger partial charge is 0.198 e. The van der Waals surface area contributed by atoms with Gasteiger partial charge >= 0.3 is 0 Å². The summed E-state index contributed by atoms with van der Waals surface area (Å²) in [4.78, 5) is 31.0. The Balaban J connectivity index is 0.000000362. The number of hydrogen-bond acceptors (Lipinski definition) is 4. The summed E-state index contributed by atoms with van der Waals surface area (Å²) in [5.74, 6) is -0.447. The van der Waals surface area contributed by atoms with Crippen LogP contribution in [0.2, 0.25) is 0 Å². The van der Waals surface area contributed by atoms with Crippen LogP contribution in [0.3, 0.4) is 0 Å². The van der Waals surface area contributed by atoms with E-state index in [0.717, 1.165) is 44.2 Å². The zero-order valence-corrected chi connectivity index (χ0v) is 23.4. The van der Waals surface area contributed by atoms with Gasteiger partial charge in [-0.1, -0.05) is 73.5 Å². The molecule has 0 aliphatic rings. The second-order valence-electron chi connectivity index (χ2n) is 9.28. The topological polar surface area (TPSA) is 58.9 Å². The highest BCUT2D eigenvalue weighted by atomic mass is 16.2. The molecule has 0 saturated carbocycles. The largest absolute Gasteiger partial charge is 0.291 e.